The Balaban J connectivity index is 1.63. The highest BCUT2D eigenvalue weighted by atomic mass is 79.9. The third-order valence-corrected chi connectivity index (χ3v) is 5.71. The summed E-state index contributed by atoms with van der Waals surface area (Å²) >= 11 is 3.29. The van der Waals surface area contributed by atoms with Crippen molar-refractivity contribution in [1.82, 2.24) is 19.7 Å². The topological polar surface area (TPSA) is 137 Å². The maximum absolute atomic E-state index is 12.6. The Kier molecular flexibility index (Phi) is 7.07. The number of nitrogens with zero attached hydrogens (tertiary/aromatic N) is 4. The summed E-state index contributed by atoms with van der Waals surface area (Å²) in [7, 11) is -1.19. The molecule has 31 heavy (non-hydrogen) atoms. The zero-order valence-corrected chi connectivity index (χ0v) is 19.0. The Morgan fingerprint density at radius 2 is 1.90 bits per heavy atom. The molecular weight excluding hydrogens is 492 g/mol. The minimum atomic E-state index is -3.93. The molecule has 0 spiro atoms. The molecule has 0 unspecified atom stereocenters. The Morgan fingerprint density at radius 3 is 2.52 bits per heavy atom. The molecule has 1 aromatic carbocycles. The molecule has 11 nitrogen and oxygen atoms in total. The number of hydrogen-bond acceptors (Lipinski definition) is 8. The zero-order chi connectivity index (χ0) is 22.4. The van der Waals surface area contributed by atoms with Gasteiger partial charge in [-0.3, -0.25) is 14.2 Å². The highest BCUT2D eigenvalue weighted by Crippen LogP contribution is 2.21. The molecule has 3 rings (SSSR count). The van der Waals surface area contributed by atoms with E-state index in [2.05, 4.69) is 41.0 Å². The number of nitrogens with one attached hydrogen (secondary N) is 2. The molecule has 2 heterocycles. The van der Waals surface area contributed by atoms with Crippen LogP contribution in [-0.2, 0) is 21.4 Å². The number of methoxy groups -OCH3 is 2. The minimum Gasteiger partial charge on any atom is -0.481 e. The molecule has 0 aliphatic heterocycles. The van der Waals surface area contributed by atoms with Crippen LogP contribution in [-0.4, -0.2) is 48.3 Å². The van der Waals surface area contributed by atoms with Crippen LogP contribution in [0.4, 0.5) is 11.5 Å². The summed E-state index contributed by atoms with van der Waals surface area (Å²) in [6, 6.07) is 7.02. The van der Waals surface area contributed by atoms with Gasteiger partial charge in [0.2, 0.25) is 11.8 Å². The first-order chi connectivity index (χ1) is 14.8. The lowest BCUT2D eigenvalue weighted by atomic mass is 10.3. The van der Waals surface area contributed by atoms with E-state index in [0.717, 1.165) is 4.47 Å². The Labute approximate surface area is 187 Å². The van der Waals surface area contributed by atoms with E-state index in [-0.39, 0.29) is 34.9 Å². The number of ether oxygens (including phenoxy) is 2. The molecule has 3 aromatic rings. The number of amides is 1. The average Bonchev–Trinajstić information content (AvgIpc) is 3.17. The summed E-state index contributed by atoms with van der Waals surface area (Å²) in [5, 5.41) is 6.80. The van der Waals surface area contributed by atoms with Crippen molar-refractivity contribution in [2.75, 3.05) is 24.3 Å². The van der Waals surface area contributed by atoms with Crippen LogP contribution in [0.2, 0.25) is 0 Å². The van der Waals surface area contributed by atoms with Gasteiger partial charge in [-0.05, 0) is 40.2 Å². The van der Waals surface area contributed by atoms with Gasteiger partial charge in [-0.15, -0.1) is 0 Å². The number of benzene rings is 1. The first-order valence-electron chi connectivity index (χ1n) is 8.87. The average molecular weight is 511 g/mol. The second-order valence-electron chi connectivity index (χ2n) is 6.13. The molecule has 0 aliphatic rings. The Hall–Kier alpha value is -3.19. The third-order valence-electron chi connectivity index (χ3n) is 3.93. The van der Waals surface area contributed by atoms with E-state index in [4.69, 9.17) is 9.47 Å². The normalized spacial score (nSPS) is 11.1. The number of aryl methyl sites for hydroxylation is 1. The predicted octanol–water partition coefficient (Wildman–Crippen LogP) is 2.28. The second kappa shape index (κ2) is 9.75. The van der Waals surface area contributed by atoms with E-state index in [1.54, 1.807) is 17.1 Å². The van der Waals surface area contributed by atoms with Crippen molar-refractivity contribution in [1.29, 1.82) is 0 Å². The lowest BCUT2D eigenvalue weighted by molar-refractivity contribution is -0.116. The van der Waals surface area contributed by atoms with Gasteiger partial charge in [0.1, 0.15) is 0 Å². The fourth-order valence-electron chi connectivity index (χ4n) is 2.47. The van der Waals surface area contributed by atoms with E-state index in [9.17, 15) is 13.2 Å². The monoisotopic (exact) mass is 510 g/mol. The second-order valence-corrected chi connectivity index (χ2v) is 8.73. The van der Waals surface area contributed by atoms with Gasteiger partial charge in [-0.2, -0.15) is 15.1 Å². The molecule has 13 heteroatoms. The third kappa shape index (κ3) is 6.15. The number of hydrogen-bond donors (Lipinski definition) is 2. The summed E-state index contributed by atoms with van der Waals surface area (Å²) < 4.78 is 40.0. The largest absolute Gasteiger partial charge is 0.481 e. The highest BCUT2D eigenvalue weighted by molar-refractivity contribution is 9.10. The molecule has 0 fully saturated rings. The summed E-state index contributed by atoms with van der Waals surface area (Å²) in [4.78, 5) is 19.9. The maximum atomic E-state index is 12.6. The van der Waals surface area contributed by atoms with Gasteiger partial charge in [0.25, 0.3) is 10.0 Å². The molecule has 0 saturated carbocycles. The van der Waals surface area contributed by atoms with Crippen LogP contribution < -0.4 is 19.5 Å². The van der Waals surface area contributed by atoms with Gasteiger partial charge in [-0.1, -0.05) is 0 Å². The first kappa shape index (κ1) is 22.5. The predicted molar refractivity (Wildman–Crippen MR) is 116 cm³/mol. The van der Waals surface area contributed by atoms with Gasteiger partial charge in [0.15, 0.2) is 5.82 Å². The number of carbonyl (C=O) groups is 1. The molecule has 0 atom stereocenters. The van der Waals surface area contributed by atoms with Crippen molar-refractivity contribution in [2.45, 2.75) is 17.9 Å². The molecule has 2 N–H and O–H groups in total. The van der Waals surface area contributed by atoms with Gasteiger partial charge in [0, 0.05) is 30.9 Å². The van der Waals surface area contributed by atoms with Crippen molar-refractivity contribution < 1.29 is 22.7 Å². The number of anilines is 2. The lowest BCUT2D eigenvalue weighted by Gasteiger charge is -2.10. The van der Waals surface area contributed by atoms with Crippen LogP contribution in [0.5, 0.6) is 11.9 Å². The summed E-state index contributed by atoms with van der Waals surface area (Å²) in [6.07, 6.45) is 3.62. The van der Waals surface area contributed by atoms with Crippen molar-refractivity contribution in [3.05, 3.63) is 47.2 Å². The molecule has 2 aromatic heterocycles. The van der Waals surface area contributed by atoms with Crippen LogP contribution in [0.15, 0.2) is 52.1 Å². The molecule has 164 valence electrons. The van der Waals surface area contributed by atoms with Crippen LogP contribution in [0, 0.1) is 0 Å². The number of rotatable bonds is 9. The maximum Gasteiger partial charge on any atom is 0.321 e. The quantitative estimate of drug-likeness (QED) is 0.447. The van der Waals surface area contributed by atoms with Crippen LogP contribution in [0.3, 0.4) is 0 Å². The minimum absolute atomic E-state index is 0.00802. The number of halogens is 1. The van der Waals surface area contributed by atoms with E-state index in [1.165, 1.54) is 44.6 Å². The van der Waals surface area contributed by atoms with E-state index in [0.29, 0.717) is 12.2 Å². The van der Waals surface area contributed by atoms with E-state index >= 15 is 0 Å². The SMILES string of the molecule is COc1cc(NS(=O)(=O)c2ccc(NC(=O)CCn3cc(Br)cn3)cc2)nc(OC)n1. The molecule has 0 aliphatic carbocycles. The van der Waals surface area contributed by atoms with Crippen LogP contribution in [0.1, 0.15) is 6.42 Å². The number of carbonyl (C=O) groups excluding carboxylic acids is 1. The van der Waals surface area contributed by atoms with Crippen LogP contribution >= 0.6 is 15.9 Å². The van der Waals surface area contributed by atoms with Gasteiger partial charge in [-0.25, -0.2) is 8.42 Å². The summed E-state index contributed by atoms with van der Waals surface area (Å²) in [6.45, 7) is 0.416. The molecular formula is C18H19BrN6O5S. The van der Waals surface area contributed by atoms with Crippen molar-refractivity contribution in [3.8, 4) is 11.9 Å². The number of aromatic nitrogens is 4. The Bertz CT molecular complexity index is 1140. The standard InChI is InChI=1S/C18H19BrN6O5S/c1-29-17-9-15(22-18(23-17)30-2)24-31(27,28)14-5-3-13(4-6-14)21-16(26)7-8-25-11-12(19)10-20-25/h3-6,9-11H,7-8H2,1-2H3,(H,21,26)(H,22,23,24). The van der Waals surface area contributed by atoms with E-state index < -0.39 is 10.0 Å². The summed E-state index contributed by atoms with van der Waals surface area (Å²) in [5.41, 5.74) is 0.468. The van der Waals surface area contributed by atoms with E-state index in [1.807, 2.05) is 0 Å². The lowest BCUT2D eigenvalue weighted by Crippen LogP contribution is -2.16. The highest BCUT2D eigenvalue weighted by Gasteiger charge is 2.17. The van der Waals surface area contributed by atoms with Crippen molar-refractivity contribution in [3.63, 3.8) is 0 Å². The van der Waals surface area contributed by atoms with Crippen molar-refractivity contribution >= 4 is 43.4 Å². The van der Waals surface area contributed by atoms with Gasteiger partial charge < -0.3 is 14.8 Å². The van der Waals surface area contributed by atoms with Crippen LogP contribution in [0.25, 0.3) is 0 Å². The van der Waals surface area contributed by atoms with Gasteiger partial charge >= 0.3 is 6.01 Å². The molecule has 0 saturated heterocycles. The zero-order valence-electron chi connectivity index (χ0n) is 16.6. The summed E-state index contributed by atoms with van der Waals surface area (Å²) in [5.74, 6) is -0.0862. The fourth-order valence-corrected chi connectivity index (χ4v) is 3.79. The number of sulfonamides is 1. The first-order valence-corrected chi connectivity index (χ1v) is 11.1. The Morgan fingerprint density at radius 1 is 1.16 bits per heavy atom. The molecule has 0 bridgehead atoms. The molecule has 1 amide bonds. The van der Waals surface area contributed by atoms with Gasteiger partial charge in [0.05, 0.1) is 29.8 Å². The molecule has 0 radical (unpaired) electrons. The smallest absolute Gasteiger partial charge is 0.321 e. The van der Waals surface area contributed by atoms with Crippen molar-refractivity contribution in [2.24, 2.45) is 0 Å². The fraction of sp³-hybridized carbons (Fsp3) is 0.222.